The van der Waals surface area contributed by atoms with Gasteiger partial charge in [0.05, 0.1) is 18.1 Å². The minimum atomic E-state index is 1.01. The molecule has 0 unspecified atom stereocenters. The summed E-state index contributed by atoms with van der Waals surface area (Å²) in [6, 6.07) is 8.49. The highest BCUT2D eigenvalue weighted by molar-refractivity contribution is 5.32. The third kappa shape index (κ3) is 3.19. The van der Waals surface area contributed by atoms with Gasteiger partial charge in [-0.3, -0.25) is 0 Å². The minimum absolute atomic E-state index is 1.01. The van der Waals surface area contributed by atoms with Gasteiger partial charge in [0.15, 0.2) is 0 Å². The van der Waals surface area contributed by atoms with Gasteiger partial charge < -0.3 is 10.2 Å². The van der Waals surface area contributed by atoms with Crippen molar-refractivity contribution in [2.45, 2.75) is 6.42 Å². The summed E-state index contributed by atoms with van der Waals surface area (Å²) in [6.07, 6.45) is 4.49. The standard InChI is InChI=1S/C14H19N5/c1-3-14(19-16-6-7-17-19)4-2-13(1)5-10-18-11-8-15-9-12-18/h1-4,6-7,15H,5,8-12H2. The molecule has 1 aliphatic rings. The van der Waals surface area contributed by atoms with E-state index in [1.807, 2.05) is 0 Å². The Balaban J connectivity index is 1.57. The second-order valence-corrected chi connectivity index (χ2v) is 4.83. The Bertz CT molecular complexity index is 485. The van der Waals surface area contributed by atoms with Gasteiger partial charge in [-0.15, -0.1) is 0 Å². The van der Waals surface area contributed by atoms with E-state index in [4.69, 9.17) is 0 Å². The van der Waals surface area contributed by atoms with Gasteiger partial charge in [-0.1, -0.05) is 12.1 Å². The molecule has 5 heteroatoms. The zero-order valence-electron chi connectivity index (χ0n) is 11.0. The van der Waals surface area contributed by atoms with Crippen LogP contribution in [0, 0.1) is 0 Å². The molecule has 2 aromatic rings. The molecule has 1 saturated heterocycles. The van der Waals surface area contributed by atoms with Crippen molar-refractivity contribution in [3.05, 3.63) is 42.2 Å². The van der Waals surface area contributed by atoms with E-state index >= 15 is 0 Å². The average molecular weight is 257 g/mol. The fourth-order valence-corrected chi connectivity index (χ4v) is 2.37. The summed E-state index contributed by atoms with van der Waals surface area (Å²) in [5, 5.41) is 11.6. The van der Waals surface area contributed by atoms with E-state index in [0.29, 0.717) is 0 Å². The van der Waals surface area contributed by atoms with Gasteiger partial charge in [0.1, 0.15) is 0 Å². The number of nitrogens with one attached hydrogen (secondary N) is 1. The second kappa shape index (κ2) is 5.95. The molecule has 3 rings (SSSR count). The van der Waals surface area contributed by atoms with Crippen LogP contribution in [0.15, 0.2) is 36.7 Å². The largest absolute Gasteiger partial charge is 0.314 e. The average Bonchev–Trinajstić information content (AvgIpc) is 3.01. The molecule has 1 fully saturated rings. The quantitative estimate of drug-likeness (QED) is 0.876. The second-order valence-electron chi connectivity index (χ2n) is 4.83. The monoisotopic (exact) mass is 257 g/mol. The van der Waals surface area contributed by atoms with Crippen LogP contribution < -0.4 is 5.32 Å². The summed E-state index contributed by atoms with van der Waals surface area (Å²) in [5.41, 5.74) is 2.38. The predicted octanol–water partition coefficient (Wildman–Crippen LogP) is 0.715. The first-order chi connectivity index (χ1) is 9.42. The molecule has 0 atom stereocenters. The predicted molar refractivity (Wildman–Crippen MR) is 74.4 cm³/mol. The van der Waals surface area contributed by atoms with Crippen molar-refractivity contribution in [2.24, 2.45) is 0 Å². The SMILES string of the molecule is c1cnn(-c2ccc(CCN3CCNCC3)cc2)n1. The summed E-state index contributed by atoms with van der Waals surface area (Å²) in [4.78, 5) is 4.15. The number of rotatable bonds is 4. The molecule has 0 spiro atoms. The number of hydrogen-bond acceptors (Lipinski definition) is 4. The van der Waals surface area contributed by atoms with Gasteiger partial charge in [-0.05, 0) is 24.1 Å². The van der Waals surface area contributed by atoms with Crippen LogP contribution in [0.5, 0.6) is 0 Å². The first-order valence-corrected chi connectivity index (χ1v) is 6.80. The molecule has 5 nitrogen and oxygen atoms in total. The van der Waals surface area contributed by atoms with Crippen molar-refractivity contribution >= 4 is 0 Å². The molecule has 1 aromatic heterocycles. The minimum Gasteiger partial charge on any atom is -0.314 e. The lowest BCUT2D eigenvalue weighted by atomic mass is 10.1. The van der Waals surface area contributed by atoms with E-state index in [9.17, 15) is 0 Å². The van der Waals surface area contributed by atoms with Crippen LogP contribution in [0.3, 0.4) is 0 Å². The lowest BCUT2D eigenvalue weighted by Gasteiger charge is -2.27. The van der Waals surface area contributed by atoms with Gasteiger partial charge in [0.2, 0.25) is 0 Å². The lowest BCUT2D eigenvalue weighted by Crippen LogP contribution is -2.44. The Hall–Kier alpha value is -1.72. The Morgan fingerprint density at radius 1 is 1.00 bits per heavy atom. The fourth-order valence-electron chi connectivity index (χ4n) is 2.37. The molecule has 100 valence electrons. The molecule has 0 saturated carbocycles. The van der Waals surface area contributed by atoms with E-state index in [0.717, 1.165) is 44.8 Å². The van der Waals surface area contributed by atoms with E-state index in [-0.39, 0.29) is 0 Å². The summed E-state index contributed by atoms with van der Waals surface area (Å²) in [5.74, 6) is 0. The first-order valence-electron chi connectivity index (χ1n) is 6.80. The van der Waals surface area contributed by atoms with Crippen molar-refractivity contribution < 1.29 is 0 Å². The van der Waals surface area contributed by atoms with Crippen molar-refractivity contribution in [1.29, 1.82) is 0 Å². The number of aromatic nitrogens is 3. The highest BCUT2D eigenvalue weighted by Gasteiger charge is 2.08. The molecular formula is C14H19N5. The molecular weight excluding hydrogens is 238 g/mol. The Morgan fingerprint density at radius 2 is 1.68 bits per heavy atom. The van der Waals surface area contributed by atoms with Crippen molar-refractivity contribution in [1.82, 2.24) is 25.2 Å². The lowest BCUT2D eigenvalue weighted by molar-refractivity contribution is 0.244. The third-order valence-corrected chi connectivity index (χ3v) is 3.51. The third-order valence-electron chi connectivity index (χ3n) is 3.51. The summed E-state index contributed by atoms with van der Waals surface area (Å²) in [7, 11) is 0. The summed E-state index contributed by atoms with van der Waals surface area (Å²) in [6.45, 7) is 5.69. The molecule has 2 heterocycles. The fraction of sp³-hybridized carbons (Fsp3) is 0.429. The Labute approximate surface area is 113 Å². The zero-order valence-corrected chi connectivity index (χ0v) is 11.0. The molecule has 0 amide bonds. The van der Waals surface area contributed by atoms with Gasteiger partial charge >= 0.3 is 0 Å². The number of hydrogen-bond donors (Lipinski definition) is 1. The van der Waals surface area contributed by atoms with Crippen LogP contribution in [0.2, 0.25) is 0 Å². The van der Waals surface area contributed by atoms with E-state index in [1.54, 1.807) is 17.2 Å². The first kappa shape index (κ1) is 12.3. The highest BCUT2D eigenvalue weighted by Crippen LogP contribution is 2.08. The molecule has 0 radical (unpaired) electrons. The molecule has 0 aliphatic carbocycles. The van der Waals surface area contributed by atoms with E-state index < -0.39 is 0 Å². The smallest absolute Gasteiger partial charge is 0.0856 e. The molecule has 0 bridgehead atoms. The molecule has 19 heavy (non-hydrogen) atoms. The van der Waals surface area contributed by atoms with E-state index in [1.165, 1.54) is 5.56 Å². The number of piperazine rings is 1. The molecule has 1 N–H and O–H groups in total. The van der Waals surface area contributed by atoms with Gasteiger partial charge in [0.25, 0.3) is 0 Å². The number of benzene rings is 1. The van der Waals surface area contributed by atoms with Gasteiger partial charge in [-0.25, -0.2) is 0 Å². The van der Waals surface area contributed by atoms with Gasteiger partial charge in [0, 0.05) is 32.7 Å². The summed E-state index contributed by atoms with van der Waals surface area (Å²) < 4.78 is 0. The van der Waals surface area contributed by atoms with Crippen molar-refractivity contribution in [2.75, 3.05) is 32.7 Å². The normalized spacial score (nSPS) is 16.6. The summed E-state index contributed by atoms with van der Waals surface area (Å²) >= 11 is 0. The molecule has 1 aliphatic heterocycles. The maximum absolute atomic E-state index is 4.13. The van der Waals surface area contributed by atoms with Crippen molar-refractivity contribution in [3.8, 4) is 5.69 Å². The highest BCUT2D eigenvalue weighted by atomic mass is 15.5. The molecule has 1 aromatic carbocycles. The maximum atomic E-state index is 4.13. The van der Waals surface area contributed by atoms with Crippen LogP contribution in [-0.2, 0) is 6.42 Å². The Morgan fingerprint density at radius 3 is 2.37 bits per heavy atom. The maximum Gasteiger partial charge on any atom is 0.0856 e. The topological polar surface area (TPSA) is 46.0 Å². The Kier molecular flexibility index (Phi) is 3.86. The van der Waals surface area contributed by atoms with Crippen LogP contribution >= 0.6 is 0 Å². The number of nitrogens with zero attached hydrogens (tertiary/aromatic N) is 4. The van der Waals surface area contributed by atoms with Crippen LogP contribution in [0.4, 0.5) is 0 Å². The van der Waals surface area contributed by atoms with Crippen molar-refractivity contribution in [3.63, 3.8) is 0 Å². The van der Waals surface area contributed by atoms with E-state index in [2.05, 4.69) is 44.7 Å². The van der Waals surface area contributed by atoms with Crippen LogP contribution in [-0.4, -0.2) is 52.6 Å². The zero-order chi connectivity index (χ0) is 12.9. The van der Waals surface area contributed by atoms with Gasteiger partial charge in [-0.2, -0.15) is 15.0 Å². The van der Waals surface area contributed by atoms with Crippen LogP contribution in [0.1, 0.15) is 5.56 Å². The van der Waals surface area contributed by atoms with Crippen LogP contribution in [0.25, 0.3) is 5.69 Å².